The number of aliphatic carboxylic acids is 1. The van der Waals surface area contributed by atoms with Gasteiger partial charge in [0.25, 0.3) is 5.91 Å². The third kappa shape index (κ3) is 3.14. The van der Waals surface area contributed by atoms with Crippen molar-refractivity contribution in [2.24, 2.45) is 0 Å². The Labute approximate surface area is 147 Å². The van der Waals surface area contributed by atoms with Gasteiger partial charge in [-0.3, -0.25) is 14.4 Å². The van der Waals surface area contributed by atoms with Crippen LogP contribution in [0.5, 0.6) is 0 Å². The number of aromatic nitrogens is 1. The molecular weight excluding hydrogens is 342 g/mol. The van der Waals surface area contributed by atoms with Gasteiger partial charge in [0.05, 0.1) is 7.11 Å². The quantitative estimate of drug-likeness (QED) is 0.464. The molecule has 9 nitrogen and oxygen atoms in total. The van der Waals surface area contributed by atoms with E-state index in [-0.39, 0.29) is 12.2 Å². The number of imide groups is 1. The molecule has 2 N–H and O–H groups in total. The number of methoxy groups -OCH3 is 1. The molecule has 1 aromatic carbocycles. The van der Waals surface area contributed by atoms with E-state index in [4.69, 9.17) is 5.11 Å². The van der Waals surface area contributed by atoms with Gasteiger partial charge >= 0.3 is 18.0 Å². The molecule has 2 heterocycles. The van der Waals surface area contributed by atoms with E-state index in [1.165, 1.54) is 10.6 Å². The monoisotopic (exact) mass is 357 g/mol. The molecule has 0 radical (unpaired) electrons. The van der Waals surface area contributed by atoms with Crippen molar-refractivity contribution in [2.75, 3.05) is 13.7 Å². The molecule has 1 fully saturated rings. The fourth-order valence-corrected chi connectivity index (χ4v) is 2.73. The number of rotatable bonds is 5. The van der Waals surface area contributed by atoms with Crippen molar-refractivity contribution in [3.05, 3.63) is 41.7 Å². The van der Waals surface area contributed by atoms with Crippen molar-refractivity contribution in [2.45, 2.75) is 6.54 Å². The van der Waals surface area contributed by atoms with Crippen LogP contribution in [-0.4, -0.2) is 52.1 Å². The number of para-hydroxylation sites is 1. The van der Waals surface area contributed by atoms with Gasteiger partial charge in [-0.15, -0.1) is 0 Å². The number of hydrogen-bond donors (Lipinski definition) is 2. The highest BCUT2D eigenvalue weighted by atomic mass is 16.5. The number of esters is 1. The summed E-state index contributed by atoms with van der Waals surface area (Å²) in [5.74, 6) is -2.37. The average molecular weight is 357 g/mol. The third-order valence-corrected chi connectivity index (χ3v) is 3.90. The standard InChI is InChI=1S/C17H15N3O6/c1-26-15(23)9-20-16(24)12(18-17(20)25)6-10-7-19(8-14(21)22)13-5-3-2-4-11(10)13/h2-7H,8-9H2,1H3,(H,18,25)(H,21,22)/b12-6+. The SMILES string of the molecule is COC(=O)CN1C(=O)N/C(=C/c2cn(CC(=O)O)c3ccccc23)C1=O. The zero-order chi connectivity index (χ0) is 18.8. The highest BCUT2D eigenvalue weighted by Gasteiger charge is 2.35. The highest BCUT2D eigenvalue weighted by Crippen LogP contribution is 2.24. The first-order valence-corrected chi connectivity index (χ1v) is 7.61. The second-order valence-electron chi connectivity index (χ2n) is 5.58. The maximum absolute atomic E-state index is 12.4. The predicted octanol–water partition coefficient (Wildman–Crippen LogP) is 0.792. The van der Waals surface area contributed by atoms with Gasteiger partial charge in [-0.1, -0.05) is 18.2 Å². The lowest BCUT2D eigenvalue weighted by molar-refractivity contribution is -0.143. The van der Waals surface area contributed by atoms with Gasteiger partial charge in [0, 0.05) is 22.7 Å². The van der Waals surface area contributed by atoms with Crippen molar-refractivity contribution in [3.8, 4) is 0 Å². The number of urea groups is 1. The summed E-state index contributed by atoms with van der Waals surface area (Å²) in [6.45, 7) is -0.724. The van der Waals surface area contributed by atoms with Crippen LogP contribution in [-0.2, 0) is 25.7 Å². The molecule has 134 valence electrons. The van der Waals surface area contributed by atoms with Gasteiger partial charge in [0.15, 0.2) is 0 Å². The molecule has 1 aliphatic heterocycles. The molecule has 2 aromatic rings. The van der Waals surface area contributed by atoms with E-state index in [1.807, 2.05) is 0 Å². The number of carbonyl (C=O) groups excluding carboxylic acids is 3. The maximum atomic E-state index is 12.4. The van der Waals surface area contributed by atoms with Gasteiger partial charge in [0.1, 0.15) is 18.8 Å². The van der Waals surface area contributed by atoms with Crippen LogP contribution < -0.4 is 5.32 Å². The minimum absolute atomic E-state index is 0.00266. The first-order valence-electron chi connectivity index (χ1n) is 7.61. The molecular formula is C17H15N3O6. The molecule has 1 aromatic heterocycles. The van der Waals surface area contributed by atoms with E-state index in [2.05, 4.69) is 10.1 Å². The Hall–Kier alpha value is -3.62. The summed E-state index contributed by atoms with van der Waals surface area (Å²) >= 11 is 0. The number of nitrogens with zero attached hydrogens (tertiary/aromatic N) is 2. The van der Waals surface area contributed by atoms with E-state index >= 15 is 0 Å². The van der Waals surface area contributed by atoms with E-state index in [1.54, 1.807) is 30.5 Å². The van der Waals surface area contributed by atoms with Gasteiger partial charge < -0.3 is 19.7 Å². The summed E-state index contributed by atoms with van der Waals surface area (Å²) in [4.78, 5) is 47.4. The van der Waals surface area contributed by atoms with E-state index in [9.17, 15) is 19.2 Å². The van der Waals surface area contributed by atoms with Crippen LogP contribution in [0.25, 0.3) is 17.0 Å². The molecule has 0 aliphatic carbocycles. The fourth-order valence-electron chi connectivity index (χ4n) is 2.73. The second-order valence-corrected chi connectivity index (χ2v) is 5.58. The Balaban J connectivity index is 1.98. The van der Waals surface area contributed by atoms with Crippen LogP contribution >= 0.6 is 0 Å². The molecule has 1 saturated heterocycles. The number of nitrogens with one attached hydrogen (secondary N) is 1. The van der Waals surface area contributed by atoms with Gasteiger partial charge in [0.2, 0.25) is 0 Å². The Morgan fingerprint density at radius 3 is 2.65 bits per heavy atom. The van der Waals surface area contributed by atoms with E-state index < -0.39 is 30.4 Å². The van der Waals surface area contributed by atoms with Crippen LogP contribution in [0.3, 0.4) is 0 Å². The molecule has 26 heavy (non-hydrogen) atoms. The number of carboxylic acids is 1. The molecule has 3 amide bonds. The Morgan fingerprint density at radius 2 is 1.96 bits per heavy atom. The van der Waals surface area contributed by atoms with E-state index in [0.717, 1.165) is 17.4 Å². The molecule has 3 rings (SSSR count). The Morgan fingerprint density at radius 1 is 1.23 bits per heavy atom. The van der Waals surface area contributed by atoms with Crippen LogP contribution in [0, 0.1) is 0 Å². The minimum atomic E-state index is -1.00. The van der Waals surface area contributed by atoms with Crippen molar-refractivity contribution in [1.82, 2.24) is 14.8 Å². The first kappa shape index (κ1) is 17.2. The van der Waals surface area contributed by atoms with Crippen molar-refractivity contribution in [3.63, 3.8) is 0 Å². The summed E-state index contributed by atoms with van der Waals surface area (Å²) in [5, 5.41) is 12.2. The van der Waals surface area contributed by atoms with Crippen LogP contribution in [0.4, 0.5) is 4.79 Å². The van der Waals surface area contributed by atoms with Crippen LogP contribution in [0.1, 0.15) is 5.56 Å². The number of amides is 3. The second kappa shape index (κ2) is 6.71. The van der Waals surface area contributed by atoms with Crippen molar-refractivity contribution < 1.29 is 29.0 Å². The zero-order valence-electron chi connectivity index (χ0n) is 13.8. The number of ether oxygens (including phenoxy) is 1. The topological polar surface area (TPSA) is 118 Å². The van der Waals surface area contributed by atoms with E-state index in [0.29, 0.717) is 11.1 Å². The lowest BCUT2D eigenvalue weighted by atomic mass is 10.1. The third-order valence-electron chi connectivity index (χ3n) is 3.90. The normalized spacial score (nSPS) is 15.6. The summed E-state index contributed by atoms with van der Waals surface area (Å²) in [6, 6.07) is 6.39. The molecule has 0 spiro atoms. The summed E-state index contributed by atoms with van der Waals surface area (Å²) in [5.41, 5.74) is 1.26. The molecule has 0 saturated carbocycles. The van der Waals surface area contributed by atoms with Gasteiger partial charge in [-0.05, 0) is 12.1 Å². The smallest absolute Gasteiger partial charge is 0.329 e. The number of benzene rings is 1. The number of carboxylic acid groups (broad SMARTS) is 1. The lowest BCUT2D eigenvalue weighted by Crippen LogP contribution is -2.36. The molecule has 0 bridgehead atoms. The Bertz CT molecular complexity index is 959. The van der Waals surface area contributed by atoms with Gasteiger partial charge in [-0.25, -0.2) is 9.69 Å². The van der Waals surface area contributed by atoms with Crippen LogP contribution in [0.2, 0.25) is 0 Å². The fraction of sp³-hybridized carbons (Fsp3) is 0.176. The largest absolute Gasteiger partial charge is 0.480 e. The number of hydrogen-bond acceptors (Lipinski definition) is 5. The molecule has 9 heteroatoms. The minimum Gasteiger partial charge on any atom is -0.480 e. The van der Waals surface area contributed by atoms with Crippen LogP contribution in [0.15, 0.2) is 36.2 Å². The zero-order valence-corrected chi connectivity index (χ0v) is 13.8. The molecule has 0 unspecified atom stereocenters. The first-order chi connectivity index (χ1) is 12.4. The highest BCUT2D eigenvalue weighted by molar-refractivity contribution is 6.15. The Kier molecular flexibility index (Phi) is 4.44. The van der Waals surface area contributed by atoms with Crippen molar-refractivity contribution in [1.29, 1.82) is 0 Å². The summed E-state index contributed by atoms with van der Waals surface area (Å²) in [6.07, 6.45) is 3.05. The maximum Gasteiger partial charge on any atom is 0.329 e. The molecule has 1 aliphatic rings. The summed E-state index contributed by atoms with van der Waals surface area (Å²) < 4.78 is 6.01. The number of fused-ring (bicyclic) bond motifs is 1. The van der Waals surface area contributed by atoms with Crippen molar-refractivity contribution >= 4 is 40.9 Å². The van der Waals surface area contributed by atoms with Gasteiger partial charge in [-0.2, -0.15) is 0 Å². The summed E-state index contributed by atoms with van der Waals surface area (Å²) in [7, 11) is 1.16. The molecule has 0 atom stereocenters. The lowest BCUT2D eigenvalue weighted by Gasteiger charge is -2.08. The average Bonchev–Trinajstić information content (AvgIpc) is 3.07. The predicted molar refractivity (Wildman–Crippen MR) is 89.8 cm³/mol. The number of carbonyl (C=O) groups is 4.